The Labute approximate surface area is 371 Å². The molecule has 16 nitrogen and oxygen atoms in total. The van der Waals surface area contributed by atoms with E-state index in [2.05, 4.69) is 10.6 Å². The van der Waals surface area contributed by atoms with Gasteiger partial charge in [-0.1, -0.05) is 97.1 Å². The predicted molar refractivity (Wildman–Crippen MR) is 236 cm³/mol. The van der Waals surface area contributed by atoms with Crippen molar-refractivity contribution in [1.82, 2.24) is 10.6 Å². The molecule has 0 aliphatic carbocycles. The second-order valence-corrected chi connectivity index (χ2v) is 15.3. The highest BCUT2D eigenvalue weighted by Gasteiger charge is 2.36. The third-order valence-electron chi connectivity index (χ3n) is 10.8. The fourth-order valence-corrected chi connectivity index (χ4v) is 7.75. The number of para-hydroxylation sites is 2. The molecule has 0 saturated carbocycles. The van der Waals surface area contributed by atoms with Crippen molar-refractivity contribution in [2.24, 2.45) is 0 Å². The summed E-state index contributed by atoms with van der Waals surface area (Å²) in [6.45, 7) is 0.275. The van der Waals surface area contributed by atoms with E-state index in [4.69, 9.17) is 14.6 Å². The molecule has 2 aliphatic heterocycles. The molecule has 2 aliphatic rings. The van der Waals surface area contributed by atoms with Gasteiger partial charge in [-0.2, -0.15) is 0 Å². The first-order valence-electron chi connectivity index (χ1n) is 21.2. The maximum atomic E-state index is 13.3. The van der Waals surface area contributed by atoms with E-state index in [1.807, 2.05) is 84.9 Å². The highest BCUT2D eigenvalue weighted by Crippen LogP contribution is 2.29. The number of amides is 2. The fourth-order valence-electron chi connectivity index (χ4n) is 7.75. The number of ether oxygens (including phenoxy) is 2. The summed E-state index contributed by atoms with van der Waals surface area (Å²) in [6.07, 6.45) is 3.82. The van der Waals surface area contributed by atoms with Gasteiger partial charge in [-0.3, -0.25) is 49.2 Å². The van der Waals surface area contributed by atoms with E-state index in [9.17, 15) is 43.8 Å². The van der Waals surface area contributed by atoms with Crippen molar-refractivity contribution in [3.05, 3.63) is 131 Å². The summed E-state index contributed by atoms with van der Waals surface area (Å²) < 4.78 is 10.1. The first-order valence-corrected chi connectivity index (χ1v) is 21.2. The number of nitrogens with one attached hydrogen (secondary N) is 2. The van der Waals surface area contributed by atoms with Gasteiger partial charge < -0.3 is 24.8 Å². The minimum atomic E-state index is -1.28. The molecule has 2 amide bonds. The molecule has 0 bridgehead atoms. The average Bonchev–Trinajstić information content (AvgIpc) is 3.50. The van der Waals surface area contributed by atoms with Gasteiger partial charge in [-0.05, 0) is 92.7 Å². The molecule has 0 saturated heterocycles. The average molecular weight is 879 g/mol. The van der Waals surface area contributed by atoms with Crippen LogP contribution >= 0.6 is 0 Å². The molecular weight excluding hydrogens is 825 g/mol. The molecule has 64 heavy (non-hydrogen) atoms. The lowest BCUT2D eigenvalue weighted by Gasteiger charge is -2.27. The molecule has 0 fully saturated rings. The predicted octanol–water partition coefficient (Wildman–Crippen LogP) is 4.21. The van der Waals surface area contributed by atoms with Crippen LogP contribution in [-0.2, 0) is 68.7 Å². The Bertz CT molecular complexity index is 2240. The van der Waals surface area contributed by atoms with E-state index < -0.39 is 79.6 Å². The molecule has 0 unspecified atom stereocenters. The highest BCUT2D eigenvalue weighted by atomic mass is 16.6. The lowest BCUT2D eigenvalue weighted by molar-refractivity contribution is -0.157. The van der Waals surface area contributed by atoms with Crippen LogP contribution in [0.3, 0.4) is 0 Å². The van der Waals surface area contributed by atoms with Crippen molar-refractivity contribution < 1.29 is 58.4 Å². The maximum Gasteiger partial charge on any atom is 0.341 e. The van der Waals surface area contributed by atoms with Crippen LogP contribution in [0.2, 0.25) is 0 Å². The van der Waals surface area contributed by atoms with E-state index in [1.165, 1.54) is 9.80 Å². The van der Waals surface area contributed by atoms with Gasteiger partial charge in [0.25, 0.3) is 0 Å². The van der Waals surface area contributed by atoms with Crippen molar-refractivity contribution >= 4 is 53.0 Å². The van der Waals surface area contributed by atoms with Gasteiger partial charge in [0.15, 0.2) is 6.61 Å². The number of aryl methyl sites for hydroxylation is 4. The third kappa shape index (κ3) is 14.1. The van der Waals surface area contributed by atoms with Gasteiger partial charge in [0.2, 0.25) is 11.8 Å². The molecule has 16 heteroatoms. The summed E-state index contributed by atoms with van der Waals surface area (Å²) in [5.74, 6) is -5.50. The van der Waals surface area contributed by atoms with Crippen LogP contribution < -0.4 is 20.4 Å². The summed E-state index contributed by atoms with van der Waals surface area (Å²) in [5.41, 5.74) is 4.96. The summed E-state index contributed by atoms with van der Waals surface area (Å²) >= 11 is 0. The summed E-state index contributed by atoms with van der Waals surface area (Å²) in [5, 5.41) is 33.8. The minimum Gasteiger partial charge on any atom is -0.480 e. The molecular formula is C48H54N4O12. The Kier molecular flexibility index (Phi) is 18.1. The summed E-state index contributed by atoms with van der Waals surface area (Å²) in [6, 6.07) is 30.5. The van der Waals surface area contributed by atoms with Gasteiger partial charge in [0.1, 0.15) is 25.2 Å². The van der Waals surface area contributed by atoms with Crippen LogP contribution in [0.25, 0.3) is 0 Å². The number of nitrogens with zero attached hydrogens (tertiary/aromatic N) is 2. The Morgan fingerprint density at radius 2 is 0.969 bits per heavy atom. The number of aliphatic carboxylic acids is 3. The Morgan fingerprint density at radius 1 is 0.578 bits per heavy atom. The zero-order valence-electron chi connectivity index (χ0n) is 35.6. The van der Waals surface area contributed by atoms with Gasteiger partial charge in [-0.15, -0.1) is 0 Å². The van der Waals surface area contributed by atoms with Crippen LogP contribution in [-0.4, -0.2) is 107 Å². The second kappa shape index (κ2) is 24.1. The van der Waals surface area contributed by atoms with Gasteiger partial charge in [0, 0.05) is 11.4 Å². The molecule has 0 spiro atoms. The lowest BCUT2D eigenvalue weighted by Crippen LogP contribution is -2.53. The minimum absolute atomic E-state index is 0.248. The molecule has 6 rings (SSSR count). The standard InChI is InChI=1S/C24H26N2O7.C24H28N2O5/c27-21(28)14-26-20-9-5-4-8-17(20)11-13-18(23(26)31)25-19(24(32)33-15-22(29)30)12-10-16-6-2-1-3-7-16;1-2-31-24(30)20(14-12-17-8-4-3-5-9-17)25-19-15-13-18-10-6-7-11-21(18)26(23(19)29)16-22(27)28/h1-9,18-19,25H,10-15H2,(H,27,28)(H,29,30);3-11,19-20,25H,2,12-16H2,1H3,(H,27,28)/t18-,19-;19-,20-/m00/s1. The highest BCUT2D eigenvalue weighted by molar-refractivity contribution is 6.03. The van der Waals surface area contributed by atoms with Crippen molar-refractivity contribution in [1.29, 1.82) is 0 Å². The van der Waals surface area contributed by atoms with E-state index in [1.54, 1.807) is 31.2 Å². The number of carbonyl (C=O) groups excluding carboxylic acids is 4. The molecule has 4 aromatic rings. The maximum absolute atomic E-state index is 13.3. The van der Waals surface area contributed by atoms with Gasteiger partial charge >= 0.3 is 29.8 Å². The SMILES string of the molecule is CCOC(=O)[C@H](CCc1ccccc1)N[C@H]1CCc2ccccc2N(CC(=O)O)C1=O.O=C(O)COC(=O)[C@H](CCc1ccccc1)N[C@H]1CCc2ccccc2N(CC(=O)O)C1=O. The number of rotatable bonds is 19. The number of hydrogen-bond acceptors (Lipinski definition) is 11. The van der Waals surface area contributed by atoms with Gasteiger partial charge in [-0.25, -0.2) is 4.79 Å². The Morgan fingerprint density at radius 3 is 1.36 bits per heavy atom. The number of anilines is 2. The lowest BCUT2D eigenvalue weighted by atomic mass is 10.0. The topological polar surface area (TPSA) is 229 Å². The van der Waals surface area contributed by atoms with Crippen LogP contribution in [0.1, 0.15) is 54.9 Å². The Balaban J connectivity index is 0.000000241. The van der Waals surface area contributed by atoms with Crippen molar-refractivity contribution in [3.63, 3.8) is 0 Å². The number of carbonyl (C=O) groups is 7. The normalized spacial score (nSPS) is 16.6. The van der Waals surface area contributed by atoms with E-state index in [-0.39, 0.29) is 18.9 Å². The monoisotopic (exact) mass is 878 g/mol. The second-order valence-electron chi connectivity index (χ2n) is 15.3. The summed E-state index contributed by atoms with van der Waals surface area (Å²) in [7, 11) is 0. The van der Waals surface area contributed by atoms with Crippen molar-refractivity contribution in [2.75, 3.05) is 36.1 Å². The quantitative estimate of drug-likeness (QED) is 0.0832. The number of hydrogen-bond donors (Lipinski definition) is 5. The molecule has 4 atom stereocenters. The third-order valence-corrected chi connectivity index (χ3v) is 10.8. The number of esters is 2. The molecule has 5 N–H and O–H groups in total. The number of carboxylic acid groups (broad SMARTS) is 3. The summed E-state index contributed by atoms with van der Waals surface area (Å²) in [4.78, 5) is 88.0. The van der Waals surface area contributed by atoms with E-state index in [0.717, 1.165) is 22.3 Å². The molecule has 4 aromatic carbocycles. The van der Waals surface area contributed by atoms with Crippen molar-refractivity contribution in [3.8, 4) is 0 Å². The Hall–Kier alpha value is -6.91. The molecule has 0 aromatic heterocycles. The largest absolute Gasteiger partial charge is 0.480 e. The van der Waals surface area contributed by atoms with E-state index in [0.29, 0.717) is 56.3 Å². The number of fused-ring (bicyclic) bond motifs is 2. The van der Waals surface area contributed by atoms with E-state index >= 15 is 0 Å². The van der Waals surface area contributed by atoms with Crippen molar-refractivity contribution in [2.45, 2.75) is 82.5 Å². The zero-order valence-corrected chi connectivity index (χ0v) is 35.6. The van der Waals surface area contributed by atoms with Crippen LogP contribution in [0.5, 0.6) is 0 Å². The van der Waals surface area contributed by atoms with Crippen LogP contribution in [0.15, 0.2) is 109 Å². The van der Waals surface area contributed by atoms with Crippen LogP contribution in [0.4, 0.5) is 11.4 Å². The fraction of sp³-hybridized carbons (Fsp3) is 0.354. The first kappa shape index (κ1) is 48.1. The number of carboxylic acids is 3. The molecule has 338 valence electrons. The molecule has 0 radical (unpaired) electrons. The van der Waals surface area contributed by atoms with Gasteiger partial charge in [0.05, 0.1) is 18.7 Å². The first-order chi connectivity index (χ1) is 30.8. The molecule has 2 heterocycles. The zero-order chi connectivity index (χ0) is 46.0. The van der Waals surface area contributed by atoms with Crippen LogP contribution in [0, 0.1) is 0 Å². The smallest absolute Gasteiger partial charge is 0.341 e. The number of benzene rings is 4.